The maximum Gasteiger partial charge on any atom is 0.243 e. The SMILES string of the molecule is CC(C)C(NC(=O)Cc1ccccc1)C(=O)NC1CCNC1.Cl. The number of amides is 2. The smallest absolute Gasteiger partial charge is 0.243 e. The van der Waals surface area contributed by atoms with Crippen molar-refractivity contribution in [2.45, 2.75) is 38.8 Å². The van der Waals surface area contributed by atoms with Gasteiger partial charge < -0.3 is 16.0 Å². The zero-order valence-corrected chi connectivity index (χ0v) is 14.5. The van der Waals surface area contributed by atoms with Crippen molar-refractivity contribution in [1.82, 2.24) is 16.0 Å². The van der Waals surface area contributed by atoms with Gasteiger partial charge in [0.25, 0.3) is 0 Å². The minimum Gasteiger partial charge on any atom is -0.350 e. The lowest BCUT2D eigenvalue weighted by atomic mass is 10.0. The molecule has 1 saturated heterocycles. The van der Waals surface area contributed by atoms with Gasteiger partial charge in [-0.2, -0.15) is 0 Å². The van der Waals surface area contributed by atoms with Gasteiger partial charge in [0, 0.05) is 12.6 Å². The highest BCUT2D eigenvalue weighted by atomic mass is 35.5. The predicted molar refractivity (Wildman–Crippen MR) is 93.6 cm³/mol. The van der Waals surface area contributed by atoms with Crippen LogP contribution in [0.1, 0.15) is 25.8 Å². The van der Waals surface area contributed by atoms with Crippen molar-refractivity contribution in [3.8, 4) is 0 Å². The third kappa shape index (κ3) is 6.20. The quantitative estimate of drug-likeness (QED) is 0.731. The fourth-order valence-electron chi connectivity index (χ4n) is 2.61. The van der Waals surface area contributed by atoms with E-state index >= 15 is 0 Å². The van der Waals surface area contributed by atoms with E-state index in [4.69, 9.17) is 0 Å². The molecule has 23 heavy (non-hydrogen) atoms. The van der Waals surface area contributed by atoms with Gasteiger partial charge in [0.2, 0.25) is 11.8 Å². The number of carbonyl (C=O) groups is 2. The average Bonchev–Trinajstić information content (AvgIpc) is 2.98. The van der Waals surface area contributed by atoms with E-state index in [0.717, 1.165) is 25.1 Å². The van der Waals surface area contributed by atoms with Crippen LogP contribution in [0.15, 0.2) is 30.3 Å². The first-order chi connectivity index (χ1) is 10.6. The van der Waals surface area contributed by atoms with Gasteiger partial charge in [0.1, 0.15) is 6.04 Å². The van der Waals surface area contributed by atoms with E-state index in [-0.39, 0.29) is 36.2 Å². The molecule has 0 aliphatic carbocycles. The Morgan fingerprint density at radius 1 is 1.26 bits per heavy atom. The first kappa shape index (κ1) is 19.5. The third-order valence-electron chi connectivity index (χ3n) is 3.88. The lowest BCUT2D eigenvalue weighted by Crippen LogP contribution is -2.52. The minimum atomic E-state index is -0.489. The van der Waals surface area contributed by atoms with Crippen molar-refractivity contribution in [3.63, 3.8) is 0 Å². The summed E-state index contributed by atoms with van der Waals surface area (Å²) in [5.41, 5.74) is 0.947. The topological polar surface area (TPSA) is 70.2 Å². The van der Waals surface area contributed by atoms with Gasteiger partial charge in [-0.1, -0.05) is 44.2 Å². The summed E-state index contributed by atoms with van der Waals surface area (Å²) in [5, 5.41) is 9.10. The number of hydrogen-bond donors (Lipinski definition) is 3. The molecule has 5 nitrogen and oxygen atoms in total. The number of nitrogens with one attached hydrogen (secondary N) is 3. The molecular weight excluding hydrogens is 314 g/mol. The predicted octanol–water partition coefficient (Wildman–Crippen LogP) is 1.27. The number of carbonyl (C=O) groups excluding carboxylic acids is 2. The van der Waals surface area contributed by atoms with Crippen LogP contribution in [0.3, 0.4) is 0 Å². The Hall–Kier alpha value is -1.59. The fourth-order valence-corrected chi connectivity index (χ4v) is 2.61. The van der Waals surface area contributed by atoms with E-state index in [0.29, 0.717) is 6.42 Å². The zero-order chi connectivity index (χ0) is 15.9. The van der Waals surface area contributed by atoms with Crippen LogP contribution in [-0.2, 0) is 16.0 Å². The maximum atomic E-state index is 12.4. The van der Waals surface area contributed by atoms with Crippen LogP contribution < -0.4 is 16.0 Å². The molecule has 6 heteroatoms. The van der Waals surface area contributed by atoms with E-state index in [1.54, 1.807) is 0 Å². The Labute approximate surface area is 144 Å². The molecule has 1 aliphatic rings. The standard InChI is InChI=1S/C17H25N3O2.ClH/c1-12(2)16(17(22)19-14-8-9-18-11-14)20-15(21)10-13-6-4-3-5-7-13;/h3-7,12,14,16,18H,8-11H2,1-2H3,(H,19,22)(H,20,21);1H. The van der Waals surface area contributed by atoms with Crippen molar-refractivity contribution in [1.29, 1.82) is 0 Å². The minimum absolute atomic E-state index is 0. The van der Waals surface area contributed by atoms with Gasteiger partial charge in [0.05, 0.1) is 6.42 Å². The average molecular weight is 340 g/mol. The summed E-state index contributed by atoms with van der Waals surface area (Å²) < 4.78 is 0. The highest BCUT2D eigenvalue weighted by Crippen LogP contribution is 2.06. The van der Waals surface area contributed by atoms with Gasteiger partial charge in [-0.3, -0.25) is 9.59 Å². The van der Waals surface area contributed by atoms with Crippen LogP contribution in [-0.4, -0.2) is 37.0 Å². The second kappa shape index (κ2) is 9.53. The molecule has 3 N–H and O–H groups in total. The van der Waals surface area contributed by atoms with E-state index in [1.807, 2.05) is 44.2 Å². The second-order valence-corrected chi connectivity index (χ2v) is 6.15. The van der Waals surface area contributed by atoms with Gasteiger partial charge in [-0.05, 0) is 24.4 Å². The first-order valence-electron chi connectivity index (χ1n) is 7.90. The molecular formula is C17H26ClN3O2. The summed E-state index contributed by atoms with van der Waals surface area (Å²) >= 11 is 0. The number of hydrogen-bond acceptors (Lipinski definition) is 3. The molecule has 2 unspecified atom stereocenters. The molecule has 1 aliphatic heterocycles. The summed E-state index contributed by atoms with van der Waals surface area (Å²) in [7, 11) is 0. The fraction of sp³-hybridized carbons (Fsp3) is 0.529. The van der Waals surface area contributed by atoms with Crippen LogP contribution in [0, 0.1) is 5.92 Å². The molecule has 128 valence electrons. The van der Waals surface area contributed by atoms with Crippen LogP contribution in [0.2, 0.25) is 0 Å². The number of halogens is 1. The maximum absolute atomic E-state index is 12.4. The molecule has 0 saturated carbocycles. The Balaban J connectivity index is 0.00000264. The first-order valence-corrected chi connectivity index (χ1v) is 7.90. The van der Waals surface area contributed by atoms with Crippen LogP contribution >= 0.6 is 12.4 Å². The summed E-state index contributed by atoms with van der Waals surface area (Å²) in [5.74, 6) is -0.163. The molecule has 1 fully saturated rings. The van der Waals surface area contributed by atoms with E-state index in [1.165, 1.54) is 0 Å². The highest BCUT2D eigenvalue weighted by Gasteiger charge is 2.27. The summed E-state index contributed by atoms with van der Waals surface area (Å²) in [6, 6.07) is 9.23. The zero-order valence-electron chi connectivity index (χ0n) is 13.7. The molecule has 0 spiro atoms. The van der Waals surface area contributed by atoms with E-state index in [9.17, 15) is 9.59 Å². The number of benzene rings is 1. The molecule has 1 aromatic rings. The van der Waals surface area contributed by atoms with Crippen molar-refractivity contribution < 1.29 is 9.59 Å². The normalized spacial score (nSPS) is 18.1. The van der Waals surface area contributed by atoms with Crippen LogP contribution in [0.5, 0.6) is 0 Å². The molecule has 0 aromatic heterocycles. The van der Waals surface area contributed by atoms with Crippen molar-refractivity contribution in [3.05, 3.63) is 35.9 Å². The van der Waals surface area contributed by atoms with E-state index < -0.39 is 6.04 Å². The lowest BCUT2D eigenvalue weighted by Gasteiger charge is -2.23. The summed E-state index contributed by atoms with van der Waals surface area (Å²) in [6.45, 7) is 5.62. The Bertz CT molecular complexity index is 502. The van der Waals surface area contributed by atoms with Crippen LogP contribution in [0.4, 0.5) is 0 Å². The monoisotopic (exact) mass is 339 g/mol. The molecule has 1 heterocycles. The Morgan fingerprint density at radius 3 is 2.52 bits per heavy atom. The van der Waals surface area contributed by atoms with Gasteiger partial charge in [-0.25, -0.2) is 0 Å². The molecule has 0 bridgehead atoms. The van der Waals surface area contributed by atoms with Crippen molar-refractivity contribution >= 4 is 24.2 Å². The van der Waals surface area contributed by atoms with Crippen molar-refractivity contribution in [2.24, 2.45) is 5.92 Å². The summed E-state index contributed by atoms with van der Waals surface area (Å²) in [6.07, 6.45) is 1.23. The third-order valence-corrected chi connectivity index (χ3v) is 3.88. The molecule has 2 atom stereocenters. The molecule has 1 aromatic carbocycles. The van der Waals surface area contributed by atoms with E-state index in [2.05, 4.69) is 16.0 Å². The number of rotatable bonds is 6. The highest BCUT2D eigenvalue weighted by molar-refractivity contribution is 5.88. The van der Waals surface area contributed by atoms with Gasteiger partial charge >= 0.3 is 0 Å². The molecule has 0 radical (unpaired) electrons. The molecule has 2 amide bonds. The summed E-state index contributed by atoms with van der Waals surface area (Å²) in [4.78, 5) is 24.5. The largest absolute Gasteiger partial charge is 0.350 e. The second-order valence-electron chi connectivity index (χ2n) is 6.15. The van der Waals surface area contributed by atoms with Crippen LogP contribution in [0.25, 0.3) is 0 Å². The molecule has 2 rings (SSSR count). The van der Waals surface area contributed by atoms with Gasteiger partial charge in [0.15, 0.2) is 0 Å². The Morgan fingerprint density at radius 2 is 1.96 bits per heavy atom. The Kier molecular flexibility index (Phi) is 8.06. The van der Waals surface area contributed by atoms with Crippen molar-refractivity contribution in [2.75, 3.05) is 13.1 Å². The van der Waals surface area contributed by atoms with Gasteiger partial charge in [-0.15, -0.1) is 12.4 Å². The lowest BCUT2D eigenvalue weighted by molar-refractivity contribution is -0.130.